The lowest BCUT2D eigenvalue weighted by atomic mass is 10.1. The van der Waals surface area contributed by atoms with Gasteiger partial charge < -0.3 is 9.73 Å². The van der Waals surface area contributed by atoms with Gasteiger partial charge in [0.1, 0.15) is 17.4 Å². The highest BCUT2D eigenvalue weighted by Gasteiger charge is 2.10. The van der Waals surface area contributed by atoms with Crippen LogP contribution < -0.4 is 5.32 Å². The number of hydrogen-bond acceptors (Lipinski definition) is 3. The summed E-state index contributed by atoms with van der Waals surface area (Å²) in [5.74, 6) is 0.102. The van der Waals surface area contributed by atoms with Gasteiger partial charge in [0.05, 0.1) is 12.8 Å². The molecule has 0 spiro atoms. The minimum absolute atomic E-state index is 0.0502. The van der Waals surface area contributed by atoms with E-state index in [0.29, 0.717) is 21.4 Å². The molecule has 1 aromatic heterocycles. The van der Waals surface area contributed by atoms with Crippen LogP contribution in [0.15, 0.2) is 46.6 Å². The minimum Gasteiger partial charge on any atom is -0.467 e. The van der Waals surface area contributed by atoms with E-state index in [1.54, 1.807) is 30.3 Å². The Bertz CT molecular complexity index is 716. The first-order valence-corrected chi connectivity index (χ1v) is 6.73. The summed E-state index contributed by atoms with van der Waals surface area (Å²) in [5, 5.41) is 12.5. The Balaban J connectivity index is 2.13. The van der Waals surface area contributed by atoms with Crippen LogP contribution in [0.3, 0.4) is 0 Å². The van der Waals surface area contributed by atoms with Gasteiger partial charge >= 0.3 is 0 Å². The van der Waals surface area contributed by atoms with Crippen molar-refractivity contribution in [1.29, 1.82) is 5.26 Å². The highest BCUT2D eigenvalue weighted by atomic mass is 35.5. The average Bonchev–Trinajstić information content (AvgIpc) is 2.97. The number of amides is 1. The van der Waals surface area contributed by atoms with Gasteiger partial charge in [0.2, 0.25) is 0 Å². The maximum absolute atomic E-state index is 11.9. The summed E-state index contributed by atoms with van der Waals surface area (Å²) in [6.45, 7) is 0.208. The first-order chi connectivity index (χ1) is 10.1. The molecule has 0 fully saturated rings. The van der Waals surface area contributed by atoms with Gasteiger partial charge in [-0.3, -0.25) is 4.79 Å². The van der Waals surface area contributed by atoms with Crippen LogP contribution in [0.2, 0.25) is 10.0 Å². The van der Waals surface area contributed by atoms with Crippen molar-refractivity contribution in [2.24, 2.45) is 0 Å². The number of carbonyl (C=O) groups is 1. The van der Waals surface area contributed by atoms with Crippen molar-refractivity contribution < 1.29 is 9.21 Å². The third kappa shape index (κ3) is 4.12. The number of furan rings is 1. The topological polar surface area (TPSA) is 66.0 Å². The highest BCUT2D eigenvalue weighted by molar-refractivity contribution is 6.35. The van der Waals surface area contributed by atoms with Crippen LogP contribution in [0.25, 0.3) is 6.08 Å². The summed E-state index contributed by atoms with van der Waals surface area (Å²) in [6, 6.07) is 10.1. The fourth-order valence-corrected chi connectivity index (χ4v) is 2.06. The number of nitrogens with zero attached hydrogens (tertiary/aromatic N) is 1. The first-order valence-electron chi connectivity index (χ1n) is 5.97. The third-order valence-electron chi connectivity index (χ3n) is 2.63. The molecule has 0 atom stereocenters. The van der Waals surface area contributed by atoms with Gasteiger partial charge in [0.25, 0.3) is 5.91 Å². The van der Waals surface area contributed by atoms with Gasteiger partial charge in [-0.1, -0.05) is 29.3 Å². The molecular weight excluding hydrogens is 311 g/mol. The molecule has 1 N–H and O–H groups in total. The zero-order valence-corrected chi connectivity index (χ0v) is 12.3. The van der Waals surface area contributed by atoms with Gasteiger partial charge in [-0.2, -0.15) is 5.26 Å². The van der Waals surface area contributed by atoms with E-state index in [1.807, 2.05) is 6.07 Å². The fraction of sp³-hybridized carbons (Fsp3) is 0.0667. The molecule has 2 aromatic rings. The Morgan fingerprint density at radius 2 is 2.19 bits per heavy atom. The zero-order chi connectivity index (χ0) is 15.2. The summed E-state index contributed by atoms with van der Waals surface area (Å²) < 4.78 is 5.09. The van der Waals surface area contributed by atoms with E-state index in [9.17, 15) is 4.79 Å². The van der Waals surface area contributed by atoms with E-state index in [4.69, 9.17) is 32.9 Å². The number of hydrogen-bond donors (Lipinski definition) is 1. The Morgan fingerprint density at radius 3 is 2.81 bits per heavy atom. The van der Waals surface area contributed by atoms with E-state index < -0.39 is 5.91 Å². The molecule has 2 rings (SSSR count). The minimum atomic E-state index is -0.500. The molecule has 0 unspecified atom stereocenters. The molecule has 1 heterocycles. The average molecular weight is 321 g/mol. The van der Waals surface area contributed by atoms with Gasteiger partial charge in [-0.05, 0) is 35.9 Å². The predicted octanol–water partition coefficient (Wildman–Crippen LogP) is 3.81. The lowest BCUT2D eigenvalue weighted by Crippen LogP contribution is -2.23. The number of nitriles is 1. The molecule has 4 nitrogen and oxygen atoms in total. The largest absolute Gasteiger partial charge is 0.467 e. The van der Waals surface area contributed by atoms with Crippen molar-refractivity contribution in [3.63, 3.8) is 0 Å². The molecule has 106 valence electrons. The maximum atomic E-state index is 11.9. The standard InChI is InChI=1S/C15H10Cl2N2O2/c16-12-4-3-10(14(17)7-12)6-11(8-18)15(20)19-9-13-2-1-5-21-13/h1-7H,9H2,(H,19,20). The van der Waals surface area contributed by atoms with E-state index in [2.05, 4.69) is 5.32 Å². The molecule has 0 saturated carbocycles. The number of carbonyl (C=O) groups excluding carboxylic acids is 1. The second-order valence-corrected chi connectivity index (χ2v) is 4.94. The van der Waals surface area contributed by atoms with Crippen molar-refractivity contribution in [3.05, 3.63) is 63.5 Å². The van der Waals surface area contributed by atoms with Crippen molar-refractivity contribution in [2.45, 2.75) is 6.54 Å². The molecule has 0 aliphatic heterocycles. The van der Waals surface area contributed by atoms with Crippen molar-refractivity contribution in [2.75, 3.05) is 0 Å². The SMILES string of the molecule is N#CC(=Cc1ccc(Cl)cc1Cl)C(=O)NCc1ccco1. The molecule has 0 bridgehead atoms. The van der Waals surface area contributed by atoms with Crippen LogP contribution in [0.5, 0.6) is 0 Å². The van der Waals surface area contributed by atoms with Crippen LogP contribution in [-0.2, 0) is 11.3 Å². The number of rotatable bonds is 4. The number of benzene rings is 1. The summed E-state index contributed by atoms with van der Waals surface area (Å²) in [7, 11) is 0. The van der Waals surface area contributed by atoms with Crippen molar-refractivity contribution >= 4 is 35.2 Å². The van der Waals surface area contributed by atoms with E-state index in [1.165, 1.54) is 12.3 Å². The van der Waals surface area contributed by atoms with Crippen molar-refractivity contribution in [1.82, 2.24) is 5.32 Å². The molecule has 0 aliphatic rings. The molecule has 0 saturated heterocycles. The lowest BCUT2D eigenvalue weighted by Gasteiger charge is -2.03. The number of nitrogens with one attached hydrogen (secondary N) is 1. The zero-order valence-electron chi connectivity index (χ0n) is 10.8. The van der Waals surface area contributed by atoms with Gasteiger partial charge in [-0.15, -0.1) is 0 Å². The Kier molecular flexibility index (Phi) is 5.04. The van der Waals surface area contributed by atoms with Gasteiger partial charge in [-0.25, -0.2) is 0 Å². The number of halogens is 2. The van der Waals surface area contributed by atoms with Crippen LogP contribution in [0.1, 0.15) is 11.3 Å². The van der Waals surface area contributed by atoms with E-state index >= 15 is 0 Å². The second-order valence-electron chi connectivity index (χ2n) is 4.10. The highest BCUT2D eigenvalue weighted by Crippen LogP contribution is 2.23. The molecule has 0 aliphatic carbocycles. The quantitative estimate of drug-likeness (QED) is 0.688. The molecule has 1 aromatic carbocycles. The second kappa shape index (κ2) is 6.98. The molecular formula is C15H10Cl2N2O2. The summed E-state index contributed by atoms with van der Waals surface area (Å²) in [6.07, 6.45) is 2.92. The Morgan fingerprint density at radius 1 is 1.38 bits per heavy atom. The lowest BCUT2D eigenvalue weighted by molar-refractivity contribution is -0.117. The van der Waals surface area contributed by atoms with E-state index in [0.717, 1.165) is 0 Å². The summed E-state index contributed by atoms with van der Waals surface area (Å²) >= 11 is 11.8. The van der Waals surface area contributed by atoms with Crippen LogP contribution in [-0.4, -0.2) is 5.91 Å². The van der Waals surface area contributed by atoms with Crippen LogP contribution in [0, 0.1) is 11.3 Å². The monoisotopic (exact) mass is 320 g/mol. The van der Waals surface area contributed by atoms with Crippen LogP contribution >= 0.6 is 23.2 Å². The molecule has 6 heteroatoms. The van der Waals surface area contributed by atoms with E-state index in [-0.39, 0.29) is 12.1 Å². The Labute approximate surface area is 131 Å². The fourth-order valence-electron chi connectivity index (χ4n) is 1.60. The Hall–Kier alpha value is -2.22. The van der Waals surface area contributed by atoms with Gasteiger partial charge in [0.15, 0.2) is 0 Å². The normalized spacial score (nSPS) is 11.0. The first kappa shape index (κ1) is 15.2. The summed E-state index contributed by atoms with van der Waals surface area (Å²) in [5.41, 5.74) is 0.497. The smallest absolute Gasteiger partial charge is 0.262 e. The van der Waals surface area contributed by atoms with Crippen LogP contribution in [0.4, 0.5) is 0 Å². The molecule has 1 amide bonds. The van der Waals surface area contributed by atoms with Crippen molar-refractivity contribution in [3.8, 4) is 6.07 Å². The predicted molar refractivity (Wildman–Crippen MR) is 80.6 cm³/mol. The summed E-state index contributed by atoms with van der Waals surface area (Å²) in [4.78, 5) is 11.9. The van der Waals surface area contributed by atoms with Gasteiger partial charge in [0, 0.05) is 10.0 Å². The molecule has 21 heavy (non-hydrogen) atoms. The molecule has 0 radical (unpaired) electrons. The third-order valence-corrected chi connectivity index (χ3v) is 3.19. The maximum Gasteiger partial charge on any atom is 0.262 e.